The second-order valence-corrected chi connectivity index (χ2v) is 6.62. The first-order valence-corrected chi connectivity index (χ1v) is 8.97. The van der Waals surface area contributed by atoms with Crippen molar-refractivity contribution >= 4 is 29.3 Å². The van der Waals surface area contributed by atoms with E-state index in [9.17, 15) is 14.4 Å². The van der Waals surface area contributed by atoms with Gasteiger partial charge < -0.3 is 10.6 Å². The van der Waals surface area contributed by atoms with Gasteiger partial charge in [-0.25, -0.2) is 14.5 Å². The molecule has 0 saturated carbocycles. The van der Waals surface area contributed by atoms with Crippen molar-refractivity contribution in [3.05, 3.63) is 60.2 Å². The van der Waals surface area contributed by atoms with E-state index in [0.29, 0.717) is 30.9 Å². The second-order valence-electron chi connectivity index (χ2n) is 6.62. The molecule has 1 atom stereocenters. The van der Waals surface area contributed by atoms with Crippen molar-refractivity contribution in [3.63, 3.8) is 0 Å². The number of hydrogen-bond acceptors (Lipinski definition) is 3. The number of carbonyl (C=O) groups excluding carboxylic acids is 3. The quantitative estimate of drug-likeness (QED) is 0.817. The summed E-state index contributed by atoms with van der Waals surface area (Å²) in [6.45, 7) is 1.26. The van der Waals surface area contributed by atoms with Gasteiger partial charge in [-0.3, -0.25) is 9.69 Å². The number of anilines is 2. The van der Waals surface area contributed by atoms with Gasteiger partial charge in [-0.05, 0) is 30.2 Å². The zero-order valence-electron chi connectivity index (χ0n) is 14.7. The smallest absolute Gasteiger partial charge is 0.329 e. The van der Waals surface area contributed by atoms with Crippen LogP contribution in [0.3, 0.4) is 0 Å². The maximum Gasteiger partial charge on any atom is 0.329 e. The van der Waals surface area contributed by atoms with E-state index < -0.39 is 12.1 Å². The van der Waals surface area contributed by atoms with Gasteiger partial charge >= 0.3 is 12.1 Å². The number of hydrogen-bond donors (Lipinski definition) is 2. The van der Waals surface area contributed by atoms with Crippen molar-refractivity contribution in [1.29, 1.82) is 0 Å². The number of nitrogens with one attached hydrogen (secondary N) is 2. The van der Waals surface area contributed by atoms with Crippen LogP contribution in [0.1, 0.15) is 12.0 Å². The number of nitrogens with zero attached hydrogens (tertiary/aromatic N) is 2. The molecule has 2 saturated heterocycles. The summed E-state index contributed by atoms with van der Waals surface area (Å²) in [7, 11) is 0. The van der Waals surface area contributed by atoms with Gasteiger partial charge in [0.05, 0.1) is 5.69 Å². The van der Waals surface area contributed by atoms with Gasteiger partial charge in [-0.1, -0.05) is 36.4 Å². The summed E-state index contributed by atoms with van der Waals surface area (Å²) in [5, 5.41) is 5.55. The number of urea groups is 2. The Labute approximate surface area is 157 Å². The van der Waals surface area contributed by atoms with Crippen LogP contribution in [-0.2, 0) is 11.2 Å². The first-order valence-electron chi connectivity index (χ1n) is 8.97. The summed E-state index contributed by atoms with van der Waals surface area (Å²) in [4.78, 5) is 40.1. The molecule has 2 fully saturated rings. The van der Waals surface area contributed by atoms with Crippen LogP contribution < -0.4 is 20.4 Å². The van der Waals surface area contributed by atoms with Crippen LogP contribution in [-0.4, -0.2) is 37.1 Å². The van der Waals surface area contributed by atoms with Crippen LogP contribution in [0.15, 0.2) is 54.6 Å². The summed E-state index contributed by atoms with van der Waals surface area (Å²) in [5.74, 6) is -0.288. The molecule has 0 spiro atoms. The van der Waals surface area contributed by atoms with Gasteiger partial charge in [0, 0.05) is 25.2 Å². The summed E-state index contributed by atoms with van der Waals surface area (Å²) < 4.78 is 0. The Morgan fingerprint density at radius 1 is 0.926 bits per heavy atom. The van der Waals surface area contributed by atoms with E-state index in [-0.39, 0.29) is 11.9 Å². The standard InChI is InChI=1S/C20H20N4O3/c25-18-17(12-14-6-2-1-3-7-14)22-20(27)24(18)16-9-4-8-15(13-16)23-11-5-10-21-19(23)26/h1-4,6-9,13,17H,5,10-12H2,(H,21,26)(H,22,27). The number of rotatable bonds is 4. The molecule has 0 aromatic heterocycles. The van der Waals surface area contributed by atoms with Gasteiger partial charge in [-0.2, -0.15) is 0 Å². The van der Waals surface area contributed by atoms with Crippen molar-refractivity contribution < 1.29 is 14.4 Å². The lowest BCUT2D eigenvalue weighted by Crippen LogP contribution is -2.46. The van der Waals surface area contributed by atoms with Gasteiger partial charge in [0.2, 0.25) is 0 Å². The number of benzene rings is 2. The topological polar surface area (TPSA) is 81.8 Å². The molecular weight excluding hydrogens is 344 g/mol. The minimum absolute atomic E-state index is 0.169. The number of amides is 5. The van der Waals surface area contributed by atoms with Crippen molar-refractivity contribution in [2.45, 2.75) is 18.9 Å². The number of carbonyl (C=O) groups is 3. The monoisotopic (exact) mass is 364 g/mol. The van der Waals surface area contributed by atoms with Crippen molar-refractivity contribution in [2.24, 2.45) is 0 Å². The van der Waals surface area contributed by atoms with Crippen LogP contribution >= 0.6 is 0 Å². The molecule has 138 valence electrons. The summed E-state index contributed by atoms with van der Waals surface area (Å²) >= 11 is 0. The molecule has 5 amide bonds. The molecule has 2 N–H and O–H groups in total. The minimum atomic E-state index is -0.596. The highest BCUT2D eigenvalue weighted by atomic mass is 16.2. The normalized spacial score (nSPS) is 19.9. The first kappa shape index (κ1) is 17.1. The summed E-state index contributed by atoms with van der Waals surface area (Å²) in [5.41, 5.74) is 2.11. The van der Waals surface area contributed by atoms with E-state index in [4.69, 9.17) is 0 Å². The zero-order valence-corrected chi connectivity index (χ0v) is 14.7. The molecule has 2 aromatic rings. The van der Waals surface area contributed by atoms with Crippen LogP contribution in [0.2, 0.25) is 0 Å². The van der Waals surface area contributed by atoms with Crippen LogP contribution in [0, 0.1) is 0 Å². The van der Waals surface area contributed by atoms with Crippen LogP contribution in [0.5, 0.6) is 0 Å². The molecule has 0 radical (unpaired) electrons. The molecule has 4 rings (SSSR count). The lowest BCUT2D eigenvalue weighted by Gasteiger charge is -2.28. The van der Waals surface area contributed by atoms with E-state index in [0.717, 1.165) is 16.9 Å². The lowest BCUT2D eigenvalue weighted by atomic mass is 10.1. The van der Waals surface area contributed by atoms with Crippen molar-refractivity contribution in [1.82, 2.24) is 10.6 Å². The Morgan fingerprint density at radius 3 is 2.48 bits per heavy atom. The maximum absolute atomic E-state index is 12.8. The molecule has 0 aliphatic carbocycles. The Hall–Kier alpha value is -3.35. The lowest BCUT2D eigenvalue weighted by molar-refractivity contribution is -0.118. The fraction of sp³-hybridized carbons (Fsp3) is 0.250. The first-order chi connectivity index (χ1) is 13.1. The molecule has 2 heterocycles. The van der Waals surface area contributed by atoms with Gasteiger partial charge in [-0.15, -0.1) is 0 Å². The van der Waals surface area contributed by atoms with E-state index >= 15 is 0 Å². The largest absolute Gasteiger partial charge is 0.338 e. The molecule has 2 aliphatic heterocycles. The highest BCUT2D eigenvalue weighted by Crippen LogP contribution is 2.27. The van der Waals surface area contributed by atoms with Gasteiger partial charge in [0.25, 0.3) is 5.91 Å². The van der Waals surface area contributed by atoms with E-state index in [1.165, 1.54) is 0 Å². The molecule has 7 heteroatoms. The fourth-order valence-electron chi connectivity index (χ4n) is 3.44. The second kappa shape index (κ2) is 7.11. The molecule has 7 nitrogen and oxygen atoms in total. The zero-order chi connectivity index (χ0) is 18.8. The molecule has 27 heavy (non-hydrogen) atoms. The van der Waals surface area contributed by atoms with E-state index in [2.05, 4.69) is 10.6 Å². The third-order valence-corrected chi connectivity index (χ3v) is 4.78. The van der Waals surface area contributed by atoms with Crippen molar-refractivity contribution in [2.75, 3.05) is 22.9 Å². The predicted octanol–water partition coefficient (Wildman–Crippen LogP) is 2.27. The average Bonchev–Trinajstić information content (AvgIpc) is 2.96. The van der Waals surface area contributed by atoms with Crippen molar-refractivity contribution in [3.8, 4) is 0 Å². The summed E-state index contributed by atoms with van der Waals surface area (Å²) in [6, 6.07) is 15.3. The highest BCUT2D eigenvalue weighted by Gasteiger charge is 2.39. The van der Waals surface area contributed by atoms with Gasteiger partial charge in [0.1, 0.15) is 6.04 Å². The average molecular weight is 364 g/mol. The van der Waals surface area contributed by atoms with Gasteiger partial charge in [0.15, 0.2) is 0 Å². The summed E-state index contributed by atoms with van der Waals surface area (Å²) in [6.07, 6.45) is 1.29. The SMILES string of the molecule is O=C1NCCCN1c1cccc(N2C(=O)NC(Cc3ccccc3)C2=O)c1. The van der Waals surface area contributed by atoms with Crippen LogP contribution in [0.4, 0.5) is 21.0 Å². The molecular formula is C20H20N4O3. The molecule has 0 bridgehead atoms. The molecule has 2 aliphatic rings. The molecule has 1 unspecified atom stereocenters. The van der Waals surface area contributed by atoms with Crippen LogP contribution in [0.25, 0.3) is 0 Å². The number of imide groups is 1. The molecule has 2 aromatic carbocycles. The third kappa shape index (κ3) is 3.36. The minimum Gasteiger partial charge on any atom is -0.338 e. The Kier molecular flexibility index (Phi) is 4.50. The fourth-order valence-corrected chi connectivity index (χ4v) is 3.44. The Morgan fingerprint density at radius 2 is 1.70 bits per heavy atom. The Bertz CT molecular complexity index is 884. The van der Waals surface area contributed by atoms with E-state index in [1.54, 1.807) is 29.2 Å². The highest BCUT2D eigenvalue weighted by molar-refractivity contribution is 6.21. The maximum atomic E-state index is 12.8. The Balaban J connectivity index is 1.56. The van der Waals surface area contributed by atoms with E-state index in [1.807, 2.05) is 30.3 Å². The predicted molar refractivity (Wildman–Crippen MR) is 102 cm³/mol. The third-order valence-electron chi connectivity index (χ3n) is 4.78.